The number of carbonyl (C=O) groups excluding carboxylic acids is 1. The first-order valence-electron chi connectivity index (χ1n) is 7.34. The number of benzene rings is 2. The van der Waals surface area contributed by atoms with Crippen molar-refractivity contribution in [3.8, 4) is 11.5 Å². The second-order valence-corrected chi connectivity index (χ2v) is 5.60. The number of para-hydroxylation sites is 1. The molecule has 0 bridgehead atoms. The minimum Gasteiger partial charge on any atom is -0.454 e. The molecule has 0 saturated carbocycles. The van der Waals surface area contributed by atoms with Gasteiger partial charge in [-0.25, -0.2) is 5.43 Å². The Balaban J connectivity index is 1.55. The third-order valence-corrected chi connectivity index (χ3v) is 3.80. The molecule has 3 rings (SSSR count). The molecule has 0 atom stereocenters. The maximum absolute atomic E-state index is 11.8. The van der Waals surface area contributed by atoms with E-state index in [2.05, 4.69) is 15.8 Å². The summed E-state index contributed by atoms with van der Waals surface area (Å²) in [5, 5.41) is 7.44. The molecule has 2 N–H and O–H groups in total. The highest BCUT2D eigenvalue weighted by Gasteiger charge is 2.15. The molecule has 6 nitrogen and oxygen atoms in total. The number of nitrogens with one attached hydrogen (secondary N) is 2. The summed E-state index contributed by atoms with van der Waals surface area (Å²) in [5.41, 5.74) is 5.07. The van der Waals surface area contributed by atoms with Crippen LogP contribution in [0.1, 0.15) is 11.1 Å². The molecule has 0 aromatic heterocycles. The lowest BCUT2D eigenvalue weighted by molar-refractivity contribution is -0.119. The zero-order valence-corrected chi connectivity index (χ0v) is 13.8. The minimum absolute atomic E-state index is 0.122. The molecule has 0 saturated heterocycles. The molecule has 0 spiro atoms. The fourth-order valence-electron chi connectivity index (χ4n) is 2.19. The molecule has 1 aliphatic heterocycles. The number of anilines is 1. The molecule has 1 amide bonds. The summed E-state index contributed by atoms with van der Waals surface area (Å²) in [5.74, 6) is 0.948. The summed E-state index contributed by atoms with van der Waals surface area (Å²) in [7, 11) is 0. The number of hydrogen-bond donors (Lipinski definition) is 2. The van der Waals surface area contributed by atoms with Crippen molar-refractivity contribution in [3.63, 3.8) is 0 Å². The van der Waals surface area contributed by atoms with Gasteiger partial charge in [-0.1, -0.05) is 29.8 Å². The Kier molecular flexibility index (Phi) is 4.86. The molecule has 124 valence electrons. The second-order valence-electron chi connectivity index (χ2n) is 5.19. The number of carbonyl (C=O) groups is 1. The highest BCUT2D eigenvalue weighted by atomic mass is 35.5. The van der Waals surface area contributed by atoms with E-state index in [9.17, 15) is 4.79 Å². The topological polar surface area (TPSA) is 72.0 Å². The van der Waals surface area contributed by atoms with Gasteiger partial charge >= 0.3 is 0 Å². The summed E-state index contributed by atoms with van der Waals surface area (Å²) >= 11 is 6.13. The van der Waals surface area contributed by atoms with Gasteiger partial charge < -0.3 is 14.8 Å². The molecule has 7 heteroatoms. The van der Waals surface area contributed by atoms with E-state index >= 15 is 0 Å². The van der Waals surface area contributed by atoms with E-state index in [4.69, 9.17) is 21.1 Å². The quantitative estimate of drug-likeness (QED) is 0.645. The predicted molar refractivity (Wildman–Crippen MR) is 93.0 cm³/mol. The van der Waals surface area contributed by atoms with E-state index in [0.29, 0.717) is 22.1 Å². The van der Waals surface area contributed by atoms with Crippen LogP contribution < -0.4 is 20.2 Å². The number of fused-ring (bicyclic) bond motifs is 1. The molecule has 0 fully saturated rings. The Labute approximate surface area is 144 Å². The van der Waals surface area contributed by atoms with Crippen molar-refractivity contribution in [3.05, 3.63) is 52.5 Å². The number of halogens is 1. The first-order chi connectivity index (χ1) is 11.6. The van der Waals surface area contributed by atoms with Crippen molar-refractivity contribution in [2.45, 2.75) is 6.92 Å². The standard InChI is InChI=1S/C17H16ClN3O3/c1-11-4-2-3-5-14(11)19-9-17(22)21-20-8-12-6-15-16(7-13(12)18)24-10-23-15/h2-8,19H,9-10H2,1H3,(H,21,22)/b20-8+. The Morgan fingerprint density at radius 2 is 2.04 bits per heavy atom. The molecule has 1 heterocycles. The van der Waals surface area contributed by atoms with Crippen LogP contribution in [0, 0.1) is 6.92 Å². The molecule has 0 unspecified atom stereocenters. The summed E-state index contributed by atoms with van der Waals surface area (Å²) < 4.78 is 10.5. The van der Waals surface area contributed by atoms with Crippen LogP contribution in [0.3, 0.4) is 0 Å². The zero-order valence-electron chi connectivity index (χ0n) is 13.0. The lowest BCUT2D eigenvalue weighted by Crippen LogP contribution is -2.26. The summed E-state index contributed by atoms with van der Waals surface area (Å²) in [6.07, 6.45) is 1.47. The van der Waals surface area contributed by atoms with Crippen molar-refractivity contribution in [2.75, 3.05) is 18.7 Å². The lowest BCUT2D eigenvalue weighted by atomic mass is 10.2. The van der Waals surface area contributed by atoms with Gasteiger partial charge in [-0.3, -0.25) is 4.79 Å². The van der Waals surface area contributed by atoms with E-state index in [-0.39, 0.29) is 19.2 Å². The molecule has 0 aliphatic carbocycles. The molecule has 0 radical (unpaired) electrons. The number of hydrogen-bond acceptors (Lipinski definition) is 5. The van der Waals surface area contributed by atoms with Gasteiger partial charge in [-0.15, -0.1) is 0 Å². The van der Waals surface area contributed by atoms with E-state index < -0.39 is 0 Å². The van der Waals surface area contributed by atoms with E-state index in [1.54, 1.807) is 12.1 Å². The fraction of sp³-hybridized carbons (Fsp3) is 0.176. The largest absolute Gasteiger partial charge is 0.454 e. The summed E-state index contributed by atoms with van der Waals surface area (Å²) in [6, 6.07) is 11.1. The smallest absolute Gasteiger partial charge is 0.259 e. The Hall–Kier alpha value is -2.73. The number of aryl methyl sites for hydroxylation is 1. The SMILES string of the molecule is Cc1ccccc1NCC(=O)N/N=C/c1cc2c(cc1Cl)OCO2. The van der Waals surface area contributed by atoms with E-state index in [0.717, 1.165) is 11.3 Å². The number of rotatable bonds is 5. The monoisotopic (exact) mass is 345 g/mol. The maximum Gasteiger partial charge on any atom is 0.259 e. The Bertz CT molecular complexity index is 793. The van der Waals surface area contributed by atoms with Crippen LogP contribution in [0.25, 0.3) is 0 Å². The van der Waals surface area contributed by atoms with Crippen molar-refractivity contribution < 1.29 is 14.3 Å². The fourth-order valence-corrected chi connectivity index (χ4v) is 2.39. The number of hydrazone groups is 1. The lowest BCUT2D eigenvalue weighted by Gasteiger charge is -2.07. The van der Waals surface area contributed by atoms with Crippen molar-refractivity contribution >= 4 is 29.4 Å². The van der Waals surface area contributed by atoms with Gasteiger partial charge in [0.25, 0.3) is 5.91 Å². The van der Waals surface area contributed by atoms with Gasteiger partial charge in [0, 0.05) is 17.3 Å². The zero-order chi connectivity index (χ0) is 16.9. The average molecular weight is 346 g/mol. The first-order valence-corrected chi connectivity index (χ1v) is 7.72. The van der Waals surface area contributed by atoms with Crippen LogP contribution in [0.5, 0.6) is 11.5 Å². The highest BCUT2D eigenvalue weighted by molar-refractivity contribution is 6.33. The minimum atomic E-state index is -0.258. The van der Waals surface area contributed by atoms with Crippen molar-refractivity contribution in [1.29, 1.82) is 0 Å². The molecule has 24 heavy (non-hydrogen) atoms. The van der Waals surface area contributed by atoms with E-state index in [1.165, 1.54) is 6.21 Å². The highest BCUT2D eigenvalue weighted by Crippen LogP contribution is 2.36. The van der Waals surface area contributed by atoms with E-state index in [1.807, 2.05) is 31.2 Å². The van der Waals surface area contributed by atoms with Crippen LogP contribution >= 0.6 is 11.6 Å². The predicted octanol–water partition coefficient (Wildman–Crippen LogP) is 2.94. The molecule has 1 aliphatic rings. The van der Waals surface area contributed by atoms with Crippen LogP contribution in [0.15, 0.2) is 41.5 Å². The maximum atomic E-state index is 11.8. The second kappa shape index (κ2) is 7.23. The van der Waals surface area contributed by atoms with Gasteiger partial charge in [0.05, 0.1) is 17.8 Å². The summed E-state index contributed by atoms with van der Waals surface area (Å²) in [4.78, 5) is 11.8. The van der Waals surface area contributed by atoms with Crippen molar-refractivity contribution in [2.24, 2.45) is 5.10 Å². The summed E-state index contributed by atoms with van der Waals surface area (Å²) in [6.45, 7) is 2.27. The van der Waals surface area contributed by atoms with Crippen LogP contribution in [0.2, 0.25) is 5.02 Å². The van der Waals surface area contributed by atoms with Gasteiger partial charge in [-0.05, 0) is 24.6 Å². The number of amides is 1. The molecular formula is C17H16ClN3O3. The van der Waals surface area contributed by atoms with Gasteiger partial charge in [0.1, 0.15) is 0 Å². The van der Waals surface area contributed by atoms with Gasteiger partial charge in [-0.2, -0.15) is 5.10 Å². The third-order valence-electron chi connectivity index (χ3n) is 3.47. The van der Waals surface area contributed by atoms with Crippen LogP contribution in [-0.4, -0.2) is 25.5 Å². The van der Waals surface area contributed by atoms with Crippen LogP contribution in [0.4, 0.5) is 5.69 Å². The number of nitrogens with zero attached hydrogens (tertiary/aromatic N) is 1. The normalized spacial score (nSPS) is 12.4. The van der Waals surface area contributed by atoms with Gasteiger partial charge in [0.2, 0.25) is 6.79 Å². The molecular weight excluding hydrogens is 330 g/mol. The first kappa shape index (κ1) is 16.1. The molecule has 2 aromatic rings. The van der Waals surface area contributed by atoms with Crippen LogP contribution in [-0.2, 0) is 4.79 Å². The average Bonchev–Trinajstić information content (AvgIpc) is 3.01. The van der Waals surface area contributed by atoms with Crippen molar-refractivity contribution in [1.82, 2.24) is 5.43 Å². The Morgan fingerprint density at radius 1 is 1.29 bits per heavy atom. The number of ether oxygens (including phenoxy) is 2. The van der Waals surface area contributed by atoms with Gasteiger partial charge in [0.15, 0.2) is 11.5 Å². The molecule has 2 aromatic carbocycles. The third kappa shape index (κ3) is 3.78. The Morgan fingerprint density at radius 3 is 2.83 bits per heavy atom.